The summed E-state index contributed by atoms with van der Waals surface area (Å²) in [5, 5.41) is 1.01. The Balaban J connectivity index is 1.69. The highest BCUT2D eigenvalue weighted by Gasteiger charge is 2.35. The molecule has 0 atom stereocenters. The van der Waals surface area contributed by atoms with Crippen LogP contribution in [0, 0.1) is 5.92 Å². The molecule has 0 radical (unpaired) electrons. The summed E-state index contributed by atoms with van der Waals surface area (Å²) in [6, 6.07) is 9.27. The molecule has 1 aromatic heterocycles. The molecule has 136 valence electrons. The van der Waals surface area contributed by atoms with Gasteiger partial charge in [0.15, 0.2) is 5.75 Å². The molecule has 1 heterocycles. The highest BCUT2D eigenvalue weighted by atomic mass is 79.9. The molecule has 1 N–H and O–H groups in total. The van der Waals surface area contributed by atoms with Crippen LogP contribution in [0.4, 0.5) is 13.2 Å². The molecule has 0 unspecified atom stereocenters. The molecule has 1 saturated carbocycles. The molecule has 6 heteroatoms. The van der Waals surface area contributed by atoms with E-state index in [1.807, 2.05) is 18.3 Å². The zero-order valence-electron chi connectivity index (χ0n) is 13.9. The number of benzene rings is 2. The van der Waals surface area contributed by atoms with Crippen LogP contribution in [0.2, 0.25) is 0 Å². The Kier molecular flexibility index (Phi) is 4.47. The van der Waals surface area contributed by atoms with E-state index in [9.17, 15) is 13.2 Å². The van der Waals surface area contributed by atoms with E-state index in [0.29, 0.717) is 11.7 Å². The number of alkyl halides is 3. The lowest BCUT2D eigenvalue weighted by molar-refractivity contribution is -0.138. The SMILES string of the molecule is FC(F)(F)c1cccc(Br)c1Oc1ccc2[nH]cc(CC3CCC3)c2c1. The van der Waals surface area contributed by atoms with Crippen molar-refractivity contribution in [2.45, 2.75) is 31.9 Å². The molecule has 1 fully saturated rings. The highest BCUT2D eigenvalue weighted by Crippen LogP contribution is 2.42. The second-order valence-electron chi connectivity index (χ2n) is 6.74. The van der Waals surface area contributed by atoms with Crippen LogP contribution in [0.1, 0.15) is 30.4 Å². The van der Waals surface area contributed by atoms with E-state index in [1.165, 1.54) is 30.9 Å². The molecule has 4 rings (SSSR count). The van der Waals surface area contributed by atoms with Gasteiger partial charge in [-0.2, -0.15) is 13.2 Å². The molecule has 0 amide bonds. The molecule has 0 spiro atoms. The van der Waals surface area contributed by atoms with Crippen molar-refractivity contribution in [2.24, 2.45) is 5.92 Å². The molecule has 0 aliphatic heterocycles. The maximum atomic E-state index is 13.3. The Morgan fingerprint density at radius 2 is 1.96 bits per heavy atom. The number of fused-ring (bicyclic) bond motifs is 1. The van der Waals surface area contributed by atoms with Crippen LogP contribution in [0.3, 0.4) is 0 Å². The molecule has 0 saturated heterocycles. The van der Waals surface area contributed by atoms with Gasteiger partial charge in [-0.25, -0.2) is 0 Å². The van der Waals surface area contributed by atoms with Crippen molar-refractivity contribution in [1.82, 2.24) is 4.98 Å². The third-order valence-corrected chi connectivity index (χ3v) is 5.59. The smallest absolute Gasteiger partial charge is 0.420 e. The topological polar surface area (TPSA) is 25.0 Å². The van der Waals surface area contributed by atoms with E-state index in [-0.39, 0.29) is 10.2 Å². The number of hydrogen-bond acceptors (Lipinski definition) is 1. The molecule has 3 aromatic rings. The number of rotatable bonds is 4. The molecule has 2 aromatic carbocycles. The summed E-state index contributed by atoms with van der Waals surface area (Å²) in [6.45, 7) is 0. The van der Waals surface area contributed by atoms with Crippen LogP contribution >= 0.6 is 15.9 Å². The Morgan fingerprint density at radius 3 is 2.65 bits per heavy atom. The van der Waals surface area contributed by atoms with Gasteiger partial charge in [0, 0.05) is 17.1 Å². The third-order valence-electron chi connectivity index (χ3n) is 4.96. The Labute approximate surface area is 157 Å². The van der Waals surface area contributed by atoms with E-state index in [0.717, 1.165) is 23.4 Å². The molecular weight excluding hydrogens is 407 g/mol. The maximum absolute atomic E-state index is 13.3. The minimum atomic E-state index is -4.48. The average molecular weight is 424 g/mol. The average Bonchev–Trinajstić information content (AvgIpc) is 2.94. The van der Waals surface area contributed by atoms with Crippen molar-refractivity contribution >= 4 is 26.8 Å². The van der Waals surface area contributed by atoms with Crippen LogP contribution in [0.5, 0.6) is 11.5 Å². The fourth-order valence-electron chi connectivity index (χ4n) is 3.35. The van der Waals surface area contributed by atoms with Gasteiger partial charge in [0.05, 0.1) is 10.0 Å². The largest absolute Gasteiger partial charge is 0.456 e. The lowest BCUT2D eigenvalue weighted by Gasteiger charge is -2.24. The first-order chi connectivity index (χ1) is 12.4. The Bertz CT molecular complexity index is 944. The number of hydrogen-bond donors (Lipinski definition) is 1. The van der Waals surface area contributed by atoms with E-state index in [1.54, 1.807) is 12.1 Å². The van der Waals surface area contributed by atoms with Gasteiger partial charge in [-0.05, 0) is 64.2 Å². The zero-order valence-corrected chi connectivity index (χ0v) is 15.5. The van der Waals surface area contributed by atoms with Crippen LogP contribution in [-0.4, -0.2) is 4.98 Å². The number of halogens is 4. The zero-order chi connectivity index (χ0) is 18.3. The fraction of sp³-hybridized carbons (Fsp3) is 0.300. The summed E-state index contributed by atoms with van der Waals surface area (Å²) in [5.74, 6) is 0.887. The van der Waals surface area contributed by atoms with Crippen molar-refractivity contribution in [3.05, 3.63) is 58.2 Å². The van der Waals surface area contributed by atoms with E-state index in [2.05, 4.69) is 20.9 Å². The van der Waals surface area contributed by atoms with Crippen molar-refractivity contribution in [1.29, 1.82) is 0 Å². The summed E-state index contributed by atoms with van der Waals surface area (Å²) in [5.41, 5.74) is 1.36. The predicted molar refractivity (Wildman–Crippen MR) is 98.6 cm³/mol. The van der Waals surface area contributed by atoms with Crippen LogP contribution in [0.25, 0.3) is 10.9 Å². The number of para-hydroxylation sites is 1. The second-order valence-corrected chi connectivity index (χ2v) is 7.59. The number of aromatic nitrogens is 1. The summed E-state index contributed by atoms with van der Waals surface area (Å²) in [6.07, 6.45) is 2.28. The first-order valence-electron chi connectivity index (χ1n) is 8.55. The van der Waals surface area contributed by atoms with Gasteiger partial charge in [-0.15, -0.1) is 0 Å². The summed E-state index contributed by atoms with van der Waals surface area (Å²) in [4.78, 5) is 3.23. The normalized spacial score (nSPS) is 15.2. The standard InChI is InChI=1S/C20H17BrF3NO/c21-17-6-2-5-16(20(22,23)24)19(17)26-14-7-8-18-15(10-14)13(11-25-18)9-12-3-1-4-12/h2,5-8,10-12,25H,1,3-4,9H2. The Morgan fingerprint density at radius 1 is 1.15 bits per heavy atom. The number of nitrogens with one attached hydrogen (secondary N) is 1. The Hall–Kier alpha value is -1.95. The minimum absolute atomic E-state index is 0.213. The van der Waals surface area contributed by atoms with Crippen LogP contribution in [0.15, 0.2) is 47.1 Å². The summed E-state index contributed by atoms with van der Waals surface area (Å²) in [7, 11) is 0. The monoisotopic (exact) mass is 423 g/mol. The van der Waals surface area contributed by atoms with E-state index < -0.39 is 11.7 Å². The molecule has 1 aliphatic carbocycles. The van der Waals surface area contributed by atoms with Crippen molar-refractivity contribution in [3.8, 4) is 11.5 Å². The van der Waals surface area contributed by atoms with Gasteiger partial charge in [0.1, 0.15) is 5.75 Å². The van der Waals surface area contributed by atoms with Gasteiger partial charge in [0.2, 0.25) is 0 Å². The first-order valence-corrected chi connectivity index (χ1v) is 9.34. The first kappa shape index (κ1) is 17.5. The maximum Gasteiger partial charge on any atom is 0.420 e. The van der Waals surface area contributed by atoms with Gasteiger partial charge in [-0.1, -0.05) is 25.3 Å². The van der Waals surface area contributed by atoms with Crippen molar-refractivity contribution in [2.75, 3.05) is 0 Å². The lowest BCUT2D eigenvalue weighted by atomic mass is 9.81. The molecular formula is C20H17BrF3NO. The molecule has 26 heavy (non-hydrogen) atoms. The minimum Gasteiger partial charge on any atom is -0.456 e. The quantitative estimate of drug-likeness (QED) is 0.476. The molecule has 2 nitrogen and oxygen atoms in total. The fourth-order valence-corrected chi connectivity index (χ4v) is 3.80. The predicted octanol–water partition coefficient (Wildman–Crippen LogP) is 7.08. The molecule has 0 bridgehead atoms. The van der Waals surface area contributed by atoms with Crippen LogP contribution in [-0.2, 0) is 12.6 Å². The number of H-pyrrole nitrogens is 1. The van der Waals surface area contributed by atoms with E-state index in [4.69, 9.17) is 4.74 Å². The summed E-state index contributed by atoms with van der Waals surface area (Å²) >= 11 is 3.17. The van der Waals surface area contributed by atoms with Crippen LogP contribution < -0.4 is 4.74 Å². The number of ether oxygens (including phenoxy) is 1. The van der Waals surface area contributed by atoms with Gasteiger partial charge < -0.3 is 9.72 Å². The third kappa shape index (κ3) is 3.34. The second kappa shape index (κ2) is 6.65. The van der Waals surface area contributed by atoms with Gasteiger partial charge >= 0.3 is 6.18 Å². The van der Waals surface area contributed by atoms with Crippen molar-refractivity contribution < 1.29 is 17.9 Å². The number of aromatic amines is 1. The lowest BCUT2D eigenvalue weighted by Crippen LogP contribution is -2.13. The summed E-state index contributed by atoms with van der Waals surface area (Å²) < 4.78 is 45.8. The highest BCUT2D eigenvalue weighted by molar-refractivity contribution is 9.10. The van der Waals surface area contributed by atoms with E-state index >= 15 is 0 Å². The molecule has 1 aliphatic rings. The van der Waals surface area contributed by atoms with Crippen molar-refractivity contribution in [3.63, 3.8) is 0 Å². The van der Waals surface area contributed by atoms with Gasteiger partial charge in [0.25, 0.3) is 0 Å². The van der Waals surface area contributed by atoms with Gasteiger partial charge in [-0.3, -0.25) is 0 Å².